The number of carbonyl (C=O) groups excluding carboxylic acids is 1. The molecule has 0 unspecified atom stereocenters. The van der Waals surface area contributed by atoms with Crippen LogP contribution >= 0.6 is 0 Å². The lowest BCUT2D eigenvalue weighted by atomic mass is 9.89. The van der Waals surface area contributed by atoms with Crippen LogP contribution in [0.2, 0.25) is 0 Å². The summed E-state index contributed by atoms with van der Waals surface area (Å²) >= 11 is 0. The Morgan fingerprint density at radius 1 is 1.33 bits per heavy atom. The monoisotopic (exact) mass is 208 g/mol. The number of benzene rings is 1. The Hall–Kier alpha value is -1.38. The van der Waals surface area contributed by atoms with E-state index in [-0.39, 0.29) is 11.4 Å². The average Bonchev–Trinajstić information content (AvgIpc) is 2.30. The van der Waals surface area contributed by atoms with Gasteiger partial charge in [-0.1, -0.05) is 0 Å². The molecule has 0 saturated heterocycles. The number of carbonyl (C=O) groups is 1. The minimum Gasteiger partial charge on any atom is -0.496 e. The van der Waals surface area contributed by atoms with Gasteiger partial charge in [0.05, 0.1) is 12.7 Å². The van der Waals surface area contributed by atoms with Gasteiger partial charge in [0.25, 0.3) is 0 Å². The highest BCUT2D eigenvalue weighted by Crippen LogP contribution is 2.33. The minimum absolute atomic E-state index is 0.104. The van der Waals surface area contributed by atoms with Gasteiger partial charge in [-0.2, -0.15) is 0 Å². The highest BCUT2D eigenvalue weighted by Gasteiger charge is 2.20. The Morgan fingerprint density at radius 3 is 2.60 bits per heavy atom. The van der Waals surface area contributed by atoms with Gasteiger partial charge in [0.15, 0.2) is 6.29 Å². The maximum absolute atomic E-state index is 13.8. The van der Waals surface area contributed by atoms with Crippen LogP contribution in [-0.4, -0.2) is 13.4 Å². The van der Waals surface area contributed by atoms with E-state index in [1.807, 2.05) is 0 Å². The molecular weight excluding hydrogens is 195 g/mol. The second-order valence-electron chi connectivity index (χ2n) is 3.76. The van der Waals surface area contributed by atoms with Crippen molar-refractivity contribution in [2.75, 3.05) is 7.11 Å². The molecule has 15 heavy (non-hydrogen) atoms. The highest BCUT2D eigenvalue weighted by atomic mass is 19.1. The van der Waals surface area contributed by atoms with E-state index in [2.05, 4.69) is 0 Å². The second-order valence-corrected chi connectivity index (χ2v) is 3.76. The highest BCUT2D eigenvalue weighted by molar-refractivity contribution is 5.77. The molecule has 1 aliphatic rings. The van der Waals surface area contributed by atoms with E-state index in [4.69, 9.17) is 4.74 Å². The summed E-state index contributed by atoms with van der Waals surface area (Å²) in [5.41, 5.74) is 1.71. The molecule has 2 rings (SSSR count). The third-order valence-corrected chi connectivity index (χ3v) is 2.92. The predicted octanol–water partition coefficient (Wildman–Crippen LogP) is 2.53. The molecule has 1 aromatic carbocycles. The number of ether oxygens (including phenoxy) is 1. The smallest absolute Gasteiger partial charge is 0.153 e. The van der Waals surface area contributed by atoms with Gasteiger partial charge in [-0.25, -0.2) is 4.39 Å². The Kier molecular flexibility index (Phi) is 2.71. The van der Waals surface area contributed by atoms with Gasteiger partial charge in [-0.15, -0.1) is 0 Å². The van der Waals surface area contributed by atoms with Crippen molar-refractivity contribution in [3.63, 3.8) is 0 Å². The predicted molar refractivity (Wildman–Crippen MR) is 55.0 cm³/mol. The van der Waals surface area contributed by atoms with Crippen molar-refractivity contribution < 1.29 is 13.9 Å². The molecular formula is C12H13FO2. The summed E-state index contributed by atoms with van der Waals surface area (Å²) in [4.78, 5) is 10.7. The summed E-state index contributed by atoms with van der Waals surface area (Å²) in [6.07, 6.45) is 4.14. The number of hydrogen-bond donors (Lipinski definition) is 0. The maximum Gasteiger partial charge on any atom is 0.153 e. The van der Waals surface area contributed by atoms with Crippen molar-refractivity contribution >= 4 is 6.29 Å². The number of hydrogen-bond acceptors (Lipinski definition) is 2. The van der Waals surface area contributed by atoms with Crippen LogP contribution < -0.4 is 4.74 Å². The van der Waals surface area contributed by atoms with Gasteiger partial charge in [-0.05, 0) is 37.3 Å². The largest absolute Gasteiger partial charge is 0.496 e. The van der Waals surface area contributed by atoms with Crippen molar-refractivity contribution in [1.29, 1.82) is 0 Å². The summed E-state index contributed by atoms with van der Waals surface area (Å²) in [6.45, 7) is 0. The van der Waals surface area contributed by atoms with Crippen molar-refractivity contribution in [3.05, 3.63) is 28.6 Å². The molecule has 3 heteroatoms. The SMILES string of the molecule is COc1cc(C=O)c(F)c2c1CCCC2. The van der Waals surface area contributed by atoms with Crippen LogP contribution in [0.25, 0.3) is 0 Å². The topological polar surface area (TPSA) is 26.3 Å². The first kappa shape index (κ1) is 10.1. The van der Waals surface area contributed by atoms with Gasteiger partial charge in [0.1, 0.15) is 11.6 Å². The Morgan fingerprint density at radius 2 is 2.00 bits per heavy atom. The van der Waals surface area contributed by atoms with E-state index in [9.17, 15) is 9.18 Å². The molecule has 1 aliphatic carbocycles. The Balaban J connectivity index is 2.63. The number of rotatable bonds is 2. The van der Waals surface area contributed by atoms with E-state index in [0.29, 0.717) is 24.0 Å². The summed E-state index contributed by atoms with van der Waals surface area (Å²) in [6, 6.07) is 1.49. The normalized spacial score (nSPS) is 14.5. The van der Waals surface area contributed by atoms with Crippen LogP contribution in [0.3, 0.4) is 0 Å². The fourth-order valence-corrected chi connectivity index (χ4v) is 2.15. The van der Waals surface area contributed by atoms with E-state index in [1.165, 1.54) is 6.07 Å². The molecule has 0 radical (unpaired) electrons. The lowest BCUT2D eigenvalue weighted by Gasteiger charge is -2.20. The van der Waals surface area contributed by atoms with Crippen molar-refractivity contribution in [1.82, 2.24) is 0 Å². The van der Waals surface area contributed by atoms with Crippen LogP contribution in [-0.2, 0) is 12.8 Å². The summed E-state index contributed by atoms with van der Waals surface area (Å²) < 4.78 is 19.0. The molecule has 80 valence electrons. The van der Waals surface area contributed by atoms with Crippen LogP contribution in [0, 0.1) is 5.82 Å². The summed E-state index contributed by atoms with van der Waals surface area (Å²) in [5, 5.41) is 0. The maximum atomic E-state index is 13.8. The Labute approximate surface area is 88.1 Å². The zero-order valence-corrected chi connectivity index (χ0v) is 8.68. The molecule has 0 atom stereocenters. The molecule has 0 amide bonds. The lowest BCUT2D eigenvalue weighted by molar-refractivity contribution is 0.111. The van der Waals surface area contributed by atoms with E-state index >= 15 is 0 Å². The molecule has 0 heterocycles. The summed E-state index contributed by atoms with van der Waals surface area (Å²) in [7, 11) is 1.55. The van der Waals surface area contributed by atoms with Crippen molar-refractivity contribution in [3.8, 4) is 5.75 Å². The van der Waals surface area contributed by atoms with E-state index in [0.717, 1.165) is 24.8 Å². The van der Waals surface area contributed by atoms with Gasteiger partial charge in [0, 0.05) is 5.56 Å². The molecule has 0 bridgehead atoms. The fourth-order valence-electron chi connectivity index (χ4n) is 2.15. The zero-order chi connectivity index (χ0) is 10.8. The molecule has 0 aliphatic heterocycles. The van der Waals surface area contributed by atoms with Gasteiger partial charge < -0.3 is 4.74 Å². The van der Waals surface area contributed by atoms with Crippen LogP contribution in [0.4, 0.5) is 4.39 Å². The molecule has 2 nitrogen and oxygen atoms in total. The lowest BCUT2D eigenvalue weighted by Crippen LogP contribution is -2.09. The first-order valence-electron chi connectivity index (χ1n) is 5.11. The first-order chi connectivity index (χ1) is 7.27. The number of fused-ring (bicyclic) bond motifs is 1. The third-order valence-electron chi connectivity index (χ3n) is 2.92. The van der Waals surface area contributed by atoms with Gasteiger partial charge >= 0.3 is 0 Å². The molecule has 0 spiro atoms. The van der Waals surface area contributed by atoms with Crippen LogP contribution in [0.1, 0.15) is 34.3 Å². The third kappa shape index (κ3) is 1.62. The fraction of sp³-hybridized carbons (Fsp3) is 0.417. The van der Waals surface area contributed by atoms with Crippen LogP contribution in [0.15, 0.2) is 6.07 Å². The van der Waals surface area contributed by atoms with E-state index in [1.54, 1.807) is 7.11 Å². The van der Waals surface area contributed by atoms with Crippen molar-refractivity contribution in [2.45, 2.75) is 25.7 Å². The number of aldehydes is 1. The first-order valence-corrected chi connectivity index (χ1v) is 5.11. The average molecular weight is 208 g/mol. The molecule has 0 saturated carbocycles. The second kappa shape index (κ2) is 4.01. The minimum atomic E-state index is -0.361. The van der Waals surface area contributed by atoms with Gasteiger partial charge in [0.2, 0.25) is 0 Å². The quantitative estimate of drug-likeness (QED) is 0.698. The standard InChI is InChI=1S/C12H13FO2/c1-15-11-6-8(7-14)12(13)10-5-3-2-4-9(10)11/h6-7H,2-5H2,1H3. The Bertz CT molecular complexity index is 399. The molecule has 0 fully saturated rings. The van der Waals surface area contributed by atoms with Crippen molar-refractivity contribution in [2.24, 2.45) is 0 Å². The van der Waals surface area contributed by atoms with E-state index < -0.39 is 0 Å². The molecule has 0 N–H and O–H groups in total. The molecule has 0 aromatic heterocycles. The number of halogens is 1. The molecule has 1 aromatic rings. The zero-order valence-electron chi connectivity index (χ0n) is 8.68. The number of methoxy groups -OCH3 is 1. The summed E-state index contributed by atoms with van der Waals surface area (Å²) in [5.74, 6) is 0.286. The van der Waals surface area contributed by atoms with Crippen LogP contribution in [0.5, 0.6) is 5.75 Å². The van der Waals surface area contributed by atoms with Gasteiger partial charge in [-0.3, -0.25) is 4.79 Å².